The van der Waals surface area contributed by atoms with Crippen molar-refractivity contribution in [2.45, 2.75) is 46.7 Å². The summed E-state index contributed by atoms with van der Waals surface area (Å²) in [4.78, 5) is 4.09. The van der Waals surface area contributed by atoms with Crippen LogP contribution in [0, 0.1) is 0 Å². The maximum Gasteiger partial charge on any atom is 0.306 e. The summed E-state index contributed by atoms with van der Waals surface area (Å²) in [5.74, 6) is 0. The Morgan fingerprint density at radius 2 is 1.58 bits per heavy atom. The Hall–Kier alpha value is -0.330. The van der Waals surface area contributed by atoms with Gasteiger partial charge in [-0.2, -0.15) is 0 Å². The summed E-state index contributed by atoms with van der Waals surface area (Å²) in [6.07, 6.45) is 0. The van der Waals surface area contributed by atoms with Gasteiger partial charge >= 0.3 is 6.01 Å². The van der Waals surface area contributed by atoms with Gasteiger partial charge in [-0.25, -0.2) is 4.58 Å². The molecule has 0 radical (unpaired) electrons. The van der Waals surface area contributed by atoms with Gasteiger partial charge in [-0.1, -0.05) is 0 Å². The molecule has 0 N–H and O–H groups in total. The van der Waals surface area contributed by atoms with Crippen LogP contribution in [0.4, 0.5) is 0 Å². The molecular weight excluding hydrogens is 172 g/mol. The van der Waals surface area contributed by atoms with Crippen molar-refractivity contribution in [3.63, 3.8) is 0 Å². The van der Waals surface area contributed by atoms with Gasteiger partial charge in [0.1, 0.15) is 6.54 Å². The van der Waals surface area contributed by atoms with Gasteiger partial charge in [0.2, 0.25) is 0 Å². The SMILES string of the molecule is CCN=C=[N+](C(C)C)C(C)C.Cl. The van der Waals surface area contributed by atoms with Crippen molar-refractivity contribution in [2.24, 2.45) is 4.99 Å². The van der Waals surface area contributed by atoms with E-state index < -0.39 is 0 Å². The number of rotatable bonds is 3. The van der Waals surface area contributed by atoms with E-state index in [1.165, 1.54) is 0 Å². The van der Waals surface area contributed by atoms with Crippen LogP contribution in [-0.4, -0.2) is 29.2 Å². The number of halogens is 1. The van der Waals surface area contributed by atoms with Crippen LogP contribution in [0.3, 0.4) is 0 Å². The molecular formula is C9H20ClN2+. The first-order valence-electron chi connectivity index (χ1n) is 4.30. The average Bonchev–Trinajstić information content (AvgIpc) is 1.87. The van der Waals surface area contributed by atoms with Crippen LogP contribution in [0.15, 0.2) is 4.99 Å². The summed E-state index contributed by atoms with van der Waals surface area (Å²) in [6, 6.07) is 4.01. The predicted octanol–water partition coefficient (Wildman–Crippen LogP) is 2.43. The van der Waals surface area contributed by atoms with Crippen LogP contribution in [0.1, 0.15) is 34.6 Å². The zero-order valence-corrected chi connectivity index (χ0v) is 9.48. The highest BCUT2D eigenvalue weighted by Gasteiger charge is 2.08. The molecule has 0 aliphatic rings. The zero-order valence-electron chi connectivity index (χ0n) is 8.66. The predicted molar refractivity (Wildman–Crippen MR) is 55.8 cm³/mol. The van der Waals surface area contributed by atoms with Crippen molar-refractivity contribution in [3.05, 3.63) is 0 Å². The van der Waals surface area contributed by atoms with Gasteiger partial charge in [0.25, 0.3) is 0 Å². The molecule has 0 rings (SSSR count). The van der Waals surface area contributed by atoms with Gasteiger partial charge in [0, 0.05) is 0 Å². The average molecular weight is 192 g/mol. The number of hydrogen-bond acceptors (Lipinski definition) is 1. The Kier molecular flexibility index (Phi) is 8.67. The van der Waals surface area contributed by atoms with E-state index in [1.807, 2.05) is 6.92 Å². The molecule has 0 aromatic rings. The van der Waals surface area contributed by atoms with Gasteiger partial charge in [0.15, 0.2) is 0 Å². The van der Waals surface area contributed by atoms with Crippen LogP contribution in [0.2, 0.25) is 0 Å². The molecule has 0 bridgehead atoms. The molecule has 0 saturated heterocycles. The highest BCUT2D eigenvalue weighted by atomic mass is 35.5. The minimum Gasteiger partial charge on any atom is -0.216 e. The third-order valence-corrected chi connectivity index (χ3v) is 1.46. The van der Waals surface area contributed by atoms with Crippen LogP contribution >= 0.6 is 12.4 Å². The first-order valence-corrected chi connectivity index (χ1v) is 4.30. The summed E-state index contributed by atoms with van der Waals surface area (Å²) in [7, 11) is 0. The fourth-order valence-electron chi connectivity index (χ4n) is 0.980. The number of nitrogens with zero attached hydrogens (tertiary/aromatic N) is 2. The van der Waals surface area contributed by atoms with Crippen molar-refractivity contribution in [1.29, 1.82) is 0 Å². The molecule has 3 heteroatoms. The lowest BCUT2D eigenvalue weighted by Crippen LogP contribution is -2.26. The van der Waals surface area contributed by atoms with Gasteiger partial charge < -0.3 is 0 Å². The summed E-state index contributed by atoms with van der Waals surface area (Å²) < 4.78 is 2.13. The quantitative estimate of drug-likeness (QED) is 0.481. The van der Waals surface area contributed by atoms with Crippen molar-refractivity contribution in [3.8, 4) is 0 Å². The highest BCUT2D eigenvalue weighted by molar-refractivity contribution is 5.85. The minimum atomic E-state index is 0. The summed E-state index contributed by atoms with van der Waals surface area (Å²) >= 11 is 0. The molecule has 0 fully saturated rings. The molecule has 12 heavy (non-hydrogen) atoms. The van der Waals surface area contributed by atoms with Crippen molar-refractivity contribution >= 4 is 18.4 Å². The molecule has 0 aliphatic carbocycles. The standard InChI is InChI=1S/C9H19N2.ClH/c1-6-10-7-11(8(2)3)9(4)5;/h8-9H,6H2,1-5H3;1H/q+1;. The monoisotopic (exact) mass is 191 g/mol. The highest BCUT2D eigenvalue weighted by Crippen LogP contribution is 1.93. The summed E-state index contributed by atoms with van der Waals surface area (Å²) in [5, 5.41) is 0. The van der Waals surface area contributed by atoms with Gasteiger partial charge in [-0.05, 0) is 39.6 Å². The zero-order chi connectivity index (χ0) is 8.85. The normalized spacial score (nSPS) is 9.25. The van der Waals surface area contributed by atoms with Crippen LogP contribution < -0.4 is 0 Å². The molecule has 0 saturated carbocycles. The van der Waals surface area contributed by atoms with E-state index in [9.17, 15) is 0 Å². The third-order valence-electron chi connectivity index (χ3n) is 1.46. The van der Waals surface area contributed by atoms with Crippen molar-refractivity contribution in [1.82, 2.24) is 0 Å². The van der Waals surface area contributed by atoms with Crippen molar-refractivity contribution in [2.75, 3.05) is 6.54 Å². The number of hydrogen-bond donors (Lipinski definition) is 0. The van der Waals surface area contributed by atoms with E-state index in [1.54, 1.807) is 0 Å². The second-order valence-corrected chi connectivity index (χ2v) is 3.17. The molecule has 0 amide bonds. The van der Waals surface area contributed by atoms with E-state index in [-0.39, 0.29) is 12.4 Å². The fraction of sp³-hybridized carbons (Fsp3) is 0.889. The van der Waals surface area contributed by atoms with Gasteiger partial charge in [0.05, 0.1) is 12.1 Å². The first-order chi connectivity index (χ1) is 5.09. The van der Waals surface area contributed by atoms with E-state index >= 15 is 0 Å². The maximum atomic E-state index is 4.09. The Bertz CT molecular complexity index is 157. The van der Waals surface area contributed by atoms with Crippen LogP contribution in [0.25, 0.3) is 0 Å². The second kappa shape index (κ2) is 7.33. The molecule has 0 spiro atoms. The molecule has 0 atom stereocenters. The Labute approximate surface area is 81.8 Å². The van der Waals surface area contributed by atoms with Gasteiger partial charge in [-0.3, -0.25) is 0 Å². The fourth-order valence-corrected chi connectivity index (χ4v) is 0.980. The lowest BCUT2D eigenvalue weighted by atomic mass is 10.3. The largest absolute Gasteiger partial charge is 0.306 e. The molecule has 0 unspecified atom stereocenters. The molecule has 0 aliphatic heterocycles. The van der Waals surface area contributed by atoms with Gasteiger partial charge in [-0.15, -0.1) is 12.4 Å². The summed E-state index contributed by atoms with van der Waals surface area (Å²) in [5.41, 5.74) is 0. The molecule has 72 valence electrons. The molecule has 0 heterocycles. The Morgan fingerprint density at radius 3 is 1.83 bits per heavy atom. The Balaban J connectivity index is 0. The van der Waals surface area contributed by atoms with E-state index in [0.717, 1.165) is 6.54 Å². The first kappa shape index (κ1) is 14.2. The molecule has 0 aromatic carbocycles. The summed E-state index contributed by atoms with van der Waals surface area (Å²) in [6.45, 7) is 11.4. The Morgan fingerprint density at radius 1 is 1.17 bits per heavy atom. The van der Waals surface area contributed by atoms with E-state index in [2.05, 4.69) is 43.3 Å². The lowest BCUT2D eigenvalue weighted by molar-refractivity contribution is -0.582. The third kappa shape index (κ3) is 5.34. The maximum absolute atomic E-state index is 4.09. The van der Waals surface area contributed by atoms with Crippen LogP contribution in [0.5, 0.6) is 0 Å². The molecule has 2 nitrogen and oxygen atoms in total. The van der Waals surface area contributed by atoms with E-state index in [4.69, 9.17) is 0 Å². The minimum absolute atomic E-state index is 0. The molecule has 0 aromatic heterocycles. The number of aliphatic imine (C=N–C) groups is 1. The van der Waals surface area contributed by atoms with E-state index in [0.29, 0.717) is 12.1 Å². The lowest BCUT2D eigenvalue weighted by Gasteiger charge is -2.09. The topological polar surface area (TPSA) is 15.4 Å². The second-order valence-electron chi connectivity index (χ2n) is 3.17. The van der Waals surface area contributed by atoms with Crippen LogP contribution in [-0.2, 0) is 0 Å². The smallest absolute Gasteiger partial charge is 0.216 e. The van der Waals surface area contributed by atoms with Crippen molar-refractivity contribution < 1.29 is 4.58 Å².